The van der Waals surface area contributed by atoms with Crippen molar-refractivity contribution < 1.29 is 9.21 Å². The third kappa shape index (κ3) is 4.91. The van der Waals surface area contributed by atoms with E-state index in [4.69, 9.17) is 4.42 Å². The molecule has 2 N–H and O–H groups in total. The van der Waals surface area contributed by atoms with E-state index in [0.717, 1.165) is 12.2 Å². The molecule has 6 nitrogen and oxygen atoms in total. The van der Waals surface area contributed by atoms with Crippen molar-refractivity contribution in [3.8, 4) is 0 Å². The molecule has 1 amide bonds. The summed E-state index contributed by atoms with van der Waals surface area (Å²) in [5.41, 5.74) is 0.322. The first-order valence-corrected chi connectivity index (χ1v) is 7.03. The zero-order valence-electron chi connectivity index (χ0n) is 12.3. The summed E-state index contributed by atoms with van der Waals surface area (Å²) >= 11 is 0. The number of amides is 1. The lowest BCUT2D eigenvalue weighted by molar-refractivity contribution is 0.0946. The second-order valence-electron chi connectivity index (χ2n) is 5.18. The van der Waals surface area contributed by atoms with E-state index in [0.29, 0.717) is 30.5 Å². The van der Waals surface area contributed by atoms with Gasteiger partial charge in [-0.3, -0.25) is 4.79 Å². The molecule has 2 aromatic heterocycles. The predicted molar refractivity (Wildman–Crippen MR) is 79.9 cm³/mol. The Kier molecular flexibility index (Phi) is 5.31. The Morgan fingerprint density at radius 3 is 2.76 bits per heavy atom. The molecule has 0 fully saturated rings. The summed E-state index contributed by atoms with van der Waals surface area (Å²) in [6.07, 6.45) is 2.56. The number of nitrogens with zero attached hydrogens (tertiary/aromatic N) is 2. The lowest BCUT2D eigenvalue weighted by Gasteiger charge is -2.07. The van der Waals surface area contributed by atoms with Gasteiger partial charge >= 0.3 is 0 Å². The molecule has 0 atom stereocenters. The van der Waals surface area contributed by atoms with Crippen LogP contribution in [0.1, 0.15) is 36.5 Å². The van der Waals surface area contributed by atoms with Crippen LogP contribution < -0.4 is 10.6 Å². The van der Waals surface area contributed by atoms with E-state index in [1.807, 2.05) is 12.1 Å². The number of furan rings is 1. The molecule has 0 aromatic carbocycles. The van der Waals surface area contributed by atoms with Crippen molar-refractivity contribution in [1.82, 2.24) is 15.5 Å². The summed E-state index contributed by atoms with van der Waals surface area (Å²) in [4.78, 5) is 11.8. The number of carbonyl (C=O) groups excluding carboxylic acids is 1. The van der Waals surface area contributed by atoms with Crippen molar-refractivity contribution in [2.45, 2.75) is 26.8 Å². The number of rotatable bonds is 7. The van der Waals surface area contributed by atoms with Gasteiger partial charge in [-0.1, -0.05) is 13.8 Å². The monoisotopic (exact) mass is 288 g/mol. The molecule has 0 unspecified atom stereocenters. The summed E-state index contributed by atoms with van der Waals surface area (Å²) in [6, 6.07) is 7.08. The maximum Gasteiger partial charge on any atom is 0.271 e. The molecule has 0 aliphatic heterocycles. The maximum atomic E-state index is 11.8. The molecule has 112 valence electrons. The van der Waals surface area contributed by atoms with Crippen LogP contribution in [0.4, 0.5) is 5.82 Å². The van der Waals surface area contributed by atoms with Crippen LogP contribution in [0.5, 0.6) is 0 Å². The van der Waals surface area contributed by atoms with Crippen LogP contribution in [0.2, 0.25) is 0 Å². The Hall–Kier alpha value is -2.37. The maximum absolute atomic E-state index is 11.8. The van der Waals surface area contributed by atoms with E-state index < -0.39 is 0 Å². The SMILES string of the molecule is CC(C)CCNC(=O)c1ccc(NCc2ccco2)nn1. The lowest BCUT2D eigenvalue weighted by atomic mass is 10.1. The van der Waals surface area contributed by atoms with Gasteiger partial charge in [-0.15, -0.1) is 10.2 Å². The van der Waals surface area contributed by atoms with Crippen LogP contribution in [0.15, 0.2) is 34.9 Å². The van der Waals surface area contributed by atoms with E-state index >= 15 is 0 Å². The van der Waals surface area contributed by atoms with E-state index in [9.17, 15) is 4.79 Å². The van der Waals surface area contributed by atoms with Crippen molar-refractivity contribution in [2.75, 3.05) is 11.9 Å². The molecule has 0 aliphatic rings. The van der Waals surface area contributed by atoms with Gasteiger partial charge in [0.2, 0.25) is 0 Å². The van der Waals surface area contributed by atoms with Crippen molar-refractivity contribution >= 4 is 11.7 Å². The first-order chi connectivity index (χ1) is 10.1. The summed E-state index contributed by atoms with van der Waals surface area (Å²) in [7, 11) is 0. The average Bonchev–Trinajstić information content (AvgIpc) is 2.98. The van der Waals surface area contributed by atoms with Gasteiger partial charge in [-0.25, -0.2) is 0 Å². The lowest BCUT2D eigenvalue weighted by Crippen LogP contribution is -2.26. The predicted octanol–water partition coefficient (Wildman–Crippen LogP) is 2.46. The van der Waals surface area contributed by atoms with E-state index in [1.54, 1.807) is 18.4 Å². The molecule has 0 saturated carbocycles. The van der Waals surface area contributed by atoms with Crippen LogP contribution >= 0.6 is 0 Å². The fourth-order valence-corrected chi connectivity index (χ4v) is 1.70. The van der Waals surface area contributed by atoms with Crippen molar-refractivity contribution in [2.24, 2.45) is 5.92 Å². The van der Waals surface area contributed by atoms with Crippen LogP contribution in [0.3, 0.4) is 0 Å². The molecule has 6 heteroatoms. The molecule has 21 heavy (non-hydrogen) atoms. The fourth-order valence-electron chi connectivity index (χ4n) is 1.70. The minimum absolute atomic E-state index is 0.194. The van der Waals surface area contributed by atoms with Gasteiger partial charge in [0.05, 0.1) is 12.8 Å². The van der Waals surface area contributed by atoms with Gasteiger partial charge in [-0.2, -0.15) is 0 Å². The summed E-state index contributed by atoms with van der Waals surface area (Å²) in [5.74, 6) is 1.78. The van der Waals surface area contributed by atoms with Gasteiger partial charge in [0.1, 0.15) is 11.6 Å². The molecular formula is C15H20N4O2. The van der Waals surface area contributed by atoms with Gasteiger partial charge in [0, 0.05) is 6.54 Å². The second kappa shape index (κ2) is 7.42. The Morgan fingerprint density at radius 1 is 1.29 bits per heavy atom. The highest BCUT2D eigenvalue weighted by Crippen LogP contribution is 2.06. The molecular weight excluding hydrogens is 268 g/mol. The quantitative estimate of drug-likeness (QED) is 0.818. The summed E-state index contributed by atoms with van der Waals surface area (Å²) < 4.78 is 5.21. The van der Waals surface area contributed by atoms with Crippen LogP contribution in [0, 0.1) is 5.92 Å². The Balaban J connectivity index is 1.82. The average molecular weight is 288 g/mol. The largest absolute Gasteiger partial charge is 0.467 e. The van der Waals surface area contributed by atoms with Crippen LogP contribution in [-0.2, 0) is 6.54 Å². The number of hydrogen-bond acceptors (Lipinski definition) is 5. The molecule has 0 bridgehead atoms. The third-order valence-electron chi connectivity index (χ3n) is 2.93. The Bertz CT molecular complexity index is 550. The Morgan fingerprint density at radius 2 is 2.14 bits per heavy atom. The van der Waals surface area contributed by atoms with Crippen molar-refractivity contribution in [1.29, 1.82) is 0 Å². The topological polar surface area (TPSA) is 80.0 Å². The second-order valence-corrected chi connectivity index (χ2v) is 5.18. The highest BCUT2D eigenvalue weighted by atomic mass is 16.3. The van der Waals surface area contributed by atoms with Gasteiger partial charge in [0.15, 0.2) is 5.69 Å². The minimum Gasteiger partial charge on any atom is -0.467 e. The Labute approximate surface area is 124 Å². The standard InChI is InChI=1S/C15H20N4O2/c1-11(2)7-8-16-15(20)13-5-6-14(19-18-13)17-10-12-4-3-9-21-12/h3-6,9,11H,7-8,10H2,1-2H3,(H,16,20)(H,17,19). The zero-order chi connectivity index (χ0) is 15.1. The van der Waals surface area contributed by atoms with E-state index in [-0.39, 0.29) is 5.91 Å². The smallest absolute Gasteiger partial charge is 0.271 e. The number of hydrogen-bond donors (Lipinski definition) is 2. The van der Waals surface area contributed by atoms with E-state index in [2.05, 4.69) is 34.7 Å². The van der Waals surface area contributed by atoms with Gasteiger partial charge in [-0.05, 0) is 36.6 Å². The molecule has 0 saturated heterocycles. The van der Waals surface area contributed by atoms with Crippen molar-refractivity contribution in [3.63, 3.8) is 0 Å². The summed E-state index contributed by atoms with van der Waals surface area (Å²) in [6.45, 7) is 5.41. The molecule has 2 heterocycles. The molecule has 0 radical (unpaired) electrons. The molecule has 0 spiro atoms. The van der Waals surface area contributed by atoms with Gasteiger partial charge < -0.3 is 15.1 Å². The molecule has 0 aliphatic carbocycles. The fraction of sp³-hybridized carbons (Fsp3) is 0.400. The molecule has 2 rings (SSSR count). The van der Waals surface area contributed by atoms with Gasteiger partial charge in [0.25, 0.3) is 5.91 Å². The third-order valence-corrected chi connectivity index (χ3v) is 2.93. The normalized spacial score (nSPS) is 10.6. The number of nitrogens with one attached hydrogen (secondary N) is 2. The minimum atomic E-state index is -0.194. The number of carbonyl (C=O) groups is 1. The van der Waals surface area contributed by atoms with Crippen LogP contribution in [0.25, 0.3) is 0 Å². The first kappa shape index (κ1) is 15.0. The number of aromatic nitrogens is 2. The molecule has 2 aromatic rings. The summed E-state index contributed by atoms with van der Waals surface area (Å²) in [5, 5.41) is 13.8. The van der Waals surface area contributed by atoms with E-state index in [1.165, 1.54) is 0 Å². The highest BCUT2D eigenvalue weighted by molar-refractivity contribution is 5.92. The van der Waals surface area contributed by atoms with Crippen molar-refractivity contribution in [3.05, 3.63) is 42.0 Å². The zero-order valence-corrected chi connectivity index (χ0v) is 12.3. The first-order valence-electron chi connectivity index (χ1n) is 7.03. The highest BCUT2D eigenvalue weighted by Gasteiger charge is 2.08. The van der Waals surface area contributed by atoms with Crippen LogP contribution in [-0.4, -0.2) is 22.6 Å². The number of anilines is 1.